The molecule has 0 atom stereocenters. The predicted octanol–water partition coefficient (Wildman–Crippen LogP) is 4.51. The second-order valence-corrected chi connectivity index (χ2v) is 6.11. The first-order valence-electron chi connectivity index (χ1n) is 7.33. The number of halogens is 3. The Morgan fingerprint density at radius 1 is 1.00 bits per heavy atom. The fourth-order valence-electron chi connectivity index (χ4n) is 2.12. The summed E-state index contributed by atoms with van der Waals surface area (Å²) in [6.45, 7) is 0. The molecule has 0 spiro atoms. The van der Waals surface area contributed by atoms with Gasteiger partial charge in [0.15, 0.2) is 11.6 Å². The summed E-state index contributed by atoms with van der Waals surface area (Å²) >= 11 is 11.9. The van der Waals surface area contributed by atoms with E-state index in [1.54, 1.807) is 42.5 Å². The van der Waals surface area contributed by atoms with Crippen molar-refractivity contribution in [3.05, 3.63) is 70.1 Å². The summed E-state index contributed by atoms with van der Waals surface area (Å²) < 4.78 is 14.0. The molecule has 1 heterocycles. The minimum atomic E-state index is -0.643. The summed E-state index contributed by atoms with van der Waals surface area (Å²) in [7, 11) is 0. The number of nitrogens with two attached hydrogens (primary N) is 1. The molecule has 0 aliphatic carbocycles. The van der Waals surface area contributed by atoms with Crippen molar-refractivity contribution in [3.8, 4) is 0 Å². The lowest BCUT2D eigenvalue weighted by Gasteiger charge is -2.10. The molecule has 9 heteroatoms. The van der Waals surface area contributed by atoms with E-state index in [0.29, 0.717) is 27.0 Å². The third-order valence-corrected chi connectivity index (χ3v) is 3.73. The van der Waals surface area contributed by atoms with Gasteiger partial charge in [0, 0.05) is 27.0 Å². The van der Waals surface area contributed by atoms with Crippen LogP contribution in [-0.2, 0) is 0 Å². The standard InChI is InChI=1S/C17H12Cl2FN5O/c18-10-5-11(19)7-13(6-10)23-16-14(20)8-22-17(25-16)24-12-3-1-9(2-4-12)15(21)26/h1-8H,(H2,21,26)(H2,22,23,24,25). The van der Waals surface area contributed by atoms with Crippen LogP contribution in [0.3, 0.4) is 0 Å². The first kappa shape index (κ1) is 17.9. The molecule has 0 unspecified atom stereocenters. The van der Waals surface area contributed by atoms with Crippen LogP contribution in [-0.4, -0.2) is 15.9 Å². The molecule has 0 aliphatic heterocycles. The minimum absolute atomic E-state index is 0.0467. The molecule has 6 nitrogen and oxygen atoms in total. The van der Waals surface area contributed by atoms with Gasteiger partial charge in [-0.25, -0.2) is 9.37 Å². The van der Waals surface area contributed by atoms with Crippen LogP contribution in [0.25, 0.3) is 0 Å². The summed E-state index contributed by atoms with van der Waals surface area (Å²) in [5.74, 6) is -1.06. The number of amides is 1. The van der Waals surface area contributed by atoms with Gasteiger partial charge in [-0.15, -0.1) is 0 Å². The Labute approximate surface area is 158 Å². The molecule has 0 fully saturated rings. The van der Waals surface area contributed by atoms with Crippen LogP contribution in [0.2, 0.25) is 10.0 Å². The molecule has 0 aliphatic rings. The average molecular weight is 392 g/mol. The highest BCUT2D eigenvalue weighted by Crippen LogP contribution is 2.26. The van der Waals surface area contributed by atoms with Crippen molar-refractivity contribution in [2.24, 2.45) is 5.73 Å². The van der Waals surface area contributed by atoms with E-state index >= 15 is 0 Å². The Bertz CT molecular complexity index is 946. The Morgan fingerprint density at radius 3 is 2.27 bits per heavy atom. The topological polar surface area (TPSA) is 92.9 Å². The van der Waals surface area contributed by atoms with E-state index in [1.807, 2.05) is 0 Å². The normalized spacial score (nSPS) is 10.4. The van der Waals surface area contributed by atoms with Crippen LogP contribution in [0.15, 0.2) is 48.7 Å². The smallest absolute Gasteiger partial charge is 0.248 e. The molecule has 0 radical (unpaired) electrons. The van der Waals surface area contributed by atoms with Gasteiger partial charge in [0.25, 0.3) is 0 Å². The average Bonchev–Trinajstić information content (AvgIpc) is 2.57. The molecular weight excluding hydrogens is 380 g/mol. The van der Waals surface area contributed by atoms with Crippen molar-refractivity contribution in [2.75, 3.05) is 10.6 Å². The van der Waals surface area contributed by atoms with Gasteiger partial charge in [-0.3, -0.25) is 4.79 Å². The zero-order chi connectivity index (χ0) is 18.7. The van der Waals surface area contributed by atoms with Crippen LogP contribution >= 0.6 is 23.2 Å². The highest BCUT2D eigenvalue weighted by Gasteiger charge is 2.09. The van der Waals surface area contributed by atoms with E-state index in [9.17, 15) is 9.18 Å². The van der Waals surface area contributed by atoms with Crippen LogP contribution in [0.4, 0.5) is 27.5 Å². The number of nitrogens with one attached hydrogen (secondary N) is 2. The number of rotatable bonds is 5. The third-order valence-electron chi connectivity index (χ3n) is 3.29. The quantitative estimate of drug-likeness (QED) is 0.594. The highest BCUT2D eigenvalue weighted by molar-refractivity contribution is 6.35. The molecule has 132 valence electrons. The van der Waals surface area contributed by atoms with Gasteiger partial charge in [0.05, 0.1) is 6.20 Å². The Hall–Kier alpha value is -2.90. The summed E-state index contributed by atoms with van der Waals surface area (Å²) in [6.07, 6.45) is 1.03. The number of carbonyl (C=O) groups excluding carboxylic acids is 1. The van der Waals surface area contributed by atoms with E-state index in [-0.39, 0.29) is 11.8 Å². The predicted molar refractivity (Wildman–Crippen MR) is 100.0 cm³/mol. The van der Waals surface area contributed by atoms with Gasteiger partial charge in [-0.2, -0.15) is 4.98 Å². The SMILES string of the molecule is NC(=O)c1ccc(Nc2ncc(F)c(Nc3cc(Cl)cc(Cl)c3)n2)cc1. The second kappa shape index (κ2) is 7.55. The maximum Gasteiger partial charge on any atom is 0.248 e. The van der Waals surface area contributed by atoms with Gasteiger partial charge >= 0.3 is 0 Å². The monoisotopic (exact) mass is 391 g/mol. The molecule has 2 aromatic carbocycles. The number of aromatic nitrogens is 2. The zero-order valence-electron chi connectivity index (χ0n) is 13.1. The van der Waals surface area contributed by atoms with Gasteiger partial charge in [0.2, 0.25) is 11.9 Å². The Balaban J connectivity index is 1.81. The summed E-state index contributed by atoms with van der Waals surface area (Å²) in [5, 5.41) is 6.53. The number of carbonyl (C=O) groups is 1. The van der Waals surface area contributed by atoms with Crippen LogP contribution in [0.5, 0.6) is 0 Å². The highest BCUT2D eigenvalue weighted by atomic mass is 35.5. The van der Waals surface area contributed by atoms with Crippen LogP contribution in [0, 0.1) is 5.82 Å². The molecule has 26 heavy (non-hydrogen) atoms. The fourth-order valence-corrected chi connectivity index (χ4v) is 2.65. The molecule has 4 N–H and O–H groups in total. The Kier molecular flexibility index (Phi) is 5.20. The second-order valence-electron chi connectivity index (χ2n) is 5.24. The maximum absolute atomic E-state index is 14.0. The van der Waals surface area contributed by atoms with Crippen LogP contribution < -0.4 is 16.4 Å². The number of hydrogen-bond acceptors (Lipinski definition) is 5. The first-order chi connectivity index (χ1) is 12.4. The molecule has 0 bridgehead atoms. The van der Waals surface area contributed by atoms with Gasteiger partial charge in [-0.1, -0.05) is 23.2 Å². The van der Waals surface area contributed by atoms with Gasteiger partial charge in [0.1, 0.15) is 0 Å². The lowest BCUT2D eigenvalue weighted by atomic mass is 10.2. The number of primary amides is 1. The Morgan fingerprint density at radius 2 is 1.65 bits per heavy atom. The van der Waals surface area contributed by atoms with Crippen molar-refractivity contribution in [3.63, 3.8) is 0 Å². The van der Waals surface area contributed by atoms with Gasteiger partial charge in [-0.05, 0) is 42.5 Å². The van der Waals surface area contributed by atoms with Gasteiger partial charge < -0.3 is 16.4 Å². The molecule has 0 saturated carbocycles. The summed E-state index contributed by atoms with van der Waals surface area (Å²) in [5.41, 5.74) is 6.66. The molecule has 3 aromatic rings. The van der Waals surface area contributed by atoms with E-state index < -0.39 is 11.7 Å². The van der Waals surface area contributed by atoms with Crippen molar-refractivity contribution < 1.29 is 9.18 Å². The molecular formula is C17H12Cl2FN5O. The molecule has 0 saturated heterocycles. The first-order valence-corrected chi connectivity index (χ1v) is 8.09. The van der Waals surface area contributed by atoms with Crippen LogP contribution in [0.1, 0.15) is 10.4 Å². The van der Waals surface area contributed by atoms with E-state index in [0.717, 1.165) is 6.20 Å². The number of anilines is 4. The third kappa shape index (κ3) is 4.38. The van der Waals surface area contributed by atoms with E-state index in [1.165, 1.54) is 0 Å². The lowest BCUT2D eigenvalue weighted by molar-refractivity contribution is 0.100. The maximum atomic E-state index is 14.0. The molecule has 1 aromatic heterocycles. The number of benzene rings is 2. The largest absolute Gasteiger partial charge is 0.366 e. The van der Waals surface area contributed by atoms with Crippen molar-refractivity contribution in [1.29, 1.82) is 0 Å². The molecule has 1 amide bonds. The summed E-state index contributed by atoms with van der Waals surface area (Å²) in [6, 6.07) is 11.1. The van der Waals surface area contributed by atoms with Crippen molar-refractivity contribution in [1.82, 2.24) is 9.97 Å². The zero-order valence-corrected chi connectivity index (χ0v) is 14.6. The van der Waals surface area contributed by atoms with Crippen molar-refractivity contribution >= 4 is 52.3 Å². The van der Waals surface area contributed by atoms with Crippen molar-refractivity contribution in [2.45, 2.75) is 0 Å². The number of hydrogen-bond donors (Lipinski definition) is 3. The van der Waals surface area contributed by atoms with E-state index in [4.69, 9.17) is 28.9 Å². The fraction of sp³-hybridized carbons (Fsp3) is 0. The van der Waals surface area contributed by atoms with E-state index in [2.05, 4.69) is 20.6 Å². The number of nitrogens with zero attached hydrogens (tertiary/aromatic N) is 2. The summed E-state index contributed by atoms with van der Waals surface area (Å²) in [4.78, 5) is 19.1. The lowest BCUT2D eigenvalue weighted by Crippen LogP contribution is -2.10. The minimum Gasteiger partial charge on any atom is -0.366 e. The molecule has 3 rings (SSSR count).